The minimum atomic E-state index is -1.11. The highest BCUT2D eigenvalue weighted by atomic mass is 16.5. The number of nitrogens with one attached hydrogen (secondary N) is 2. The van der Waals surface area contributed by atoms with Crippen LogP contribution in [-0.4, -0.2) is 41.9 Å². The summed E-state index contributed by atoms with van der Waals surface area (Å²) >= 11 is 0. The molecule has 2 aliphatic carbocycles. The predicted molar refractivity (Wildman–Crippen MR) is 78.2 cm³/mol. The highest BCUT2D eigenvalue weighted by Crippen LogP contribution is 2.34. The number of urea groups is 1. The number of carbonyl (C=O) groups excluding carboxylic acids is 1. The standard InChI is InChI=1S/C15H26N2O4/c1-21-14(7-6-8-14)11-16-13(20)17-15(12(18)19)9-4-2-3-5-10-15/h2-11H2,1H3,(H,18,19)(H2,16,17,20). The Morgan fingerprint density at radius 3 is 2.10 bits per heavy atom. The molecule has 0 aromatic carbocycles. The van der Waals surface area contributed by atoms with Gasteiger partial charge in [0.25, 0.3) is 0 Å². The molecule has 0 aromatic heterocycles. The summed E-state index contributed by atoms with van der Waals surface area (Å²) in [6.45, 7) is 0.436. The predicted octanol–water partition coefficient (Wildman–Crippen LogP) is 2.03. The van der Waals surface area contributed by atoms with Crippen molar-refractivity contribution in [3.05, 3.63) is 0 Å². The van der Waals surface area contributed by atoms with Crippen LogP contribution in [0.15, 0.2) is 0 Å². The van der Waals surface area contributed by atoms with Gasteiger partial charge in [-0.3, -0.25) is 0 Å². The molecule has 0 spiro atoms. The first-order chi connectivity index (χ1) is 10.0. The topological polar surface area (TPSA) is 87.7 Å². The quantitative estimate of drug-likeness (QED) is 0.678. The van der Waals surface area contributed by atoms with Crippen LogP contribution >= 0.6 is 0 Å². The van der Waals surface area contributed by atoms with Gasteiger partial charge in [-0.1, -0.05) is 25.7 Å². The Kier molecular flexibility index (Phi) is 5.08. The normalized spacial score (nSPS) is 23.5. The summed E-state index contributed by atoms with van der Waals surface area (Å²) in [7, 11) is 1.66. The number of amides is 2. The Balaban J connectivity index is 1.90. The molecule has 0 saturated heterocycles. The molecule has 0 unspecified atom stereocenters. The number of ether oxygens (including phenoxy) is 1. The number of carboxylic acids is 1. The zero-order valence-corrected chi connectivity index (χ0v) is 12.7. The molecular weight excluding hydrogens is 272 g/mol. The largest absolute Gasteiger partial charge is 0.480 e. The number of hydrogen-bond donors (Lipinski definition) is 3. The summed E-state index contributed by atoms with van der Waals surface area (Å²) < 4.78 is 5.45. The molecule has 2 fully saturated rings. The zero-order valence-electron chi connectivity index (χ0n) is 12.7. The highest BCUT2D eigenvalue weighted by Gasteiger charge is 2.41. The molecule has 2 aliphatic rings. The molecule has 0 heterocycles. The number of rotatable bonds is 5. The van der Waals surface area contributed by atoms with Crippen LogP contribution in [-0.2, 0) is 9.53 Å². The number of carboxylic acid groups (broad SMARTS) is 1. The molecule has 6 heteroatoms. The summed E-state index contributed by atoms with van der Waals surface area (Å²) in [6, 6.07) is -0.400. The average molecular weight is 298 g/mol. The Hall–Kier alpha value is -1.30. The van der Waals surface area contributed by atoms with E-state index in [0.717, 1.165) is 44.9 Å². The number of hydrogen-bond acceptors (Lipinski definition) is 3. The van der Waals surface area contributed by atoms with Crippen LogP contribution in [0.25, 0.3) is 0 Å². The van der Waals surface area contributed by atoms with E-state index >= 15 is 0 Å². The van der Waals surface area contributed by atoms with Crippen molar-refractivity contribution in [2.45, 2.75) is 68.9 Å². The summed E-state index contributed by atoms with van der Waals surface area (Å²) in [6.07, 6.45) is 7.74. The van der Waals surface area contributed by atoms with Crippen LogP contribution in [0, 0.1) is 0 Å². The van der Waals surface area contributed by atoms with Crippen LogP contribution < -0.4 is 10.6 Å². The van der Waals surface area contributed by atoms with E-state index in [2.05, 4.69) is 10.6 Å². The average Bonchev–Trinajstić information content (AvgIpc) is 2.64. The molecule has 2 saturated carbocycles. The second-order valence-electron chi connectivity index (χ2n) is 6.35. The maximum atomic E-state index is 12.1. The van der Waals surface area contributed by atoms with Gasteiger partial charge < -0.3 is 20.5 Å². The van der Waals surface area contributed by atoms with Gasteiger partial charge >= 0.3 is 12.0 Å². The highest BCUT2D eigenvalue weighted by molar-refractivity contribution is 5.86. The number of carbonyl (C=O) groups is 2. The van der Waals surface area contributed by atoms with Gasteiger partial charge in [0, 0.05) is 13.7 Å². The van der Waals surface area contributed by atoms with Crippen molar-refractivity contribution in [3.8, 4) is 0 Å². The number of methoxy groups -OCH3 is 1. The van der Waals surface area contributed by atoms with Crippen molar-refractivity contribution in [1.82, 2.24) is 10.6 Å². The van der Waals surface area contributed by atoms with Crippen molar-refractivity contribution >= 4 is 12.0 Å². The third kappa shape index (κ3) is 3.67. The Morgan fingerprint density at radius 2 is 1.67 bits per heavy atom. The Labute approximate surface area is 125 Å². The molecule has 21 heavy (non-hydrogen) atoms. The Bertz CT molecular complexity index is 380. The smallest absolute Gasteiger partial charge is 0.329 e. The van der Waals surface area contributed by atoms with E-state index in [0.29, 0.717) is 19.4 Å². The number of aliphatic carboxylic acids is 1. The van der Waals surface area contributed by atoms with Crippen molar-refractivity contribution in [2.75, 3.05) is 13.7 Å². The minimum absolute atomic E-state index is 0.253. The summed E-state index contributed by atoms with van der Waals surface area (Å²) in [4.78, 5) is 23.7. The van der Waals surface area contributed by atoms with Crippen molar-refractivity contribution < 1.29 is 19.4 Å². The van der Waals surface area contributed by atoms with Gasteiger partial charge in [-0.25, -0.2) is 9.59 Å². The van der Waals surface area contributed by atoms with Crippen LogP contribution in [0.3, 0.4) is 0 Å². The molecule has 2 rings (SSSR count). The lowest BCUT2D eigenvalue weighted by molar-refractivity contribution is -0.145. The van der Waals surface area contributed by atoms with Crippen LogP contribution in [0.1, 0.15) is 57.8 Å². The fourth-order valence-electron chi connectivity index (χ4n) is 3.25. The zero-order chi connectivity index (χ0) is 15.3. The lowest BCUT2D eigenvalue weighted by Crippen LogP contribution is -2.59. The van der Waals surface area contributed by atoms with E-state index < -0.39 is 17.5 Å². The molecule has 0 aliphatic heterocycles. The first kappa shape index (κ1) is 16.1. The second-order valence-corrected chi connectivity index (χ2v) is 6.35. The summed E-state index contributed by atoms with van der Waals surface area (Å²) in [5.74, 6) is -0.926. The van der Waals surface area contributed by atoms with E-state index in [4.69, 9.17) is 4.74 Å². The molecule has 0 atom stereocenters. The molecule has 6 nitrogen and oxygen atoms in total. The van der Waals surface area contributed by atoms with Gasteiger partial charge in [0.1, 0.15) is 5.54 Å². The maximum absolute atomic E-state index is 12.1. The Morgan fingerprint density at radius 1 is 1.05 bits per heavy atom. The molecule has 2 amide bonds. The van der Waals surface area contributed by atoms with E-state index in [-0.39, 0.29) is 5.60 Å². The first-order valence-corrected chi connectivity index (χ1v) is 7.87. The third-order valence-corrected chi connectivity index (χ3v) is 4.99. The molecular formula is C15H26N2O4. The monoisotopic (exact) mass is 298 g/mol. The lowest BCUT2D eigenvalue weighted by atomic mass is 9.80. The van der Waals surface area contributed by atoms with Crippen molar-refractivity contribution in [2.24, 2.45) is 0 Å². The van der Waals surface area contributed by atoms with Gasteiger partial charge in [-0.15, -0.1) is 0 Å². The third-order valence-electron chi connectivity index (χ3n) is 4.99. The van der Waals surface area contributed by atoms with Gasteiger partial charge in [-0.05, 0) is 32.1 Å². The molecule has 0 aromatic rings. The van der Waals surface area contributed by atoms with Gasteiger partial charge in [-0.2, -0.15) is 0 Å². The SMILES string of the molecule is COC1(CNC(=O)NC2(C(=O)O)CCCCCC2)CCC1. The van der Waals surface area contributed by atoms with E-state index in [1.807, 2.05) is 0 Å². The minimum Gasteiger partial charge on any atom is -0.480 e. The summed E-state index contributed by atoms with van der Waals surface area (Å²) in [5.41, 5.74) is -1.36. The van der Waals surface area contributed by atoms with Gasteiger partial charge in [0.2, 0.25) is 0 Å². The van der Waals surface area contributed by atoms with Crippen LogP contribution in [0.4, 0.5) is 4.79 Å². The fraction of sp³-hybridized carbons (Fsp3) is 0.867. The summed E-state index contributed by atoms with van der Waals surface area (Å²) in [5, 5.41) is 15.0. The molecule has 0 bridgehead atoms. The van der Waals surface area contributed by atoms with E-state index in [1.54, 1.807) is 7.11 Å². The van der Waals surface area contributed by atoms with E-state index in [9.17, 15) is 14.7 Å². The van der Waals surface area contributed by atoms with Gasteiger partial charge in [0.15, 0.2) is 0 Å². The molecule has 120 valence electrons. The fourth-order valence-corrected chi connectivity index (χ4v) is 3.25. The van der Waals surface area contributed by atoms with Gasteiger partial charge in [0.05, 0.1) is 5.60 Å². The van der Waals surface area contributed by atoms with Crippen LogP contribution in [0.5, 0.6) is 0 Å². The van der Waals surface area contributed by atoms with E-state index in [1.165, 1.54) is 0 Å². The van der Waals surface area contributed by atoms with Crippen molar-refractivity contribution in [1.29, 1.82) is 0 Å². The first-order valence-electron chi connectivity index (χ1n) is 7.87. The molecule has 3 N–H and O–H groups in total. The lowest BCUT2D eigenvalue weighted by Gasteiger charge is -2.40. The second kappa shape index (κ2) is 6.64. The van der Waals surface area contributed by atoms with Crippen molar-refractivity contribution in [3.63, 3.8) is 0 Å². The maximum Gasteiger partial charge on any atom is 0.329 e. The van der Waals surface area contributed by atoms with Crippen LogP contribution in [0.2, 0.25) is 0 Å². The molecule has 0 radical (unpaired) electrons.